The van der Waals surface area contributed by atoms with Gasteiger partial charge in [-0.25, -0.2) is 13.6 Å². The van der Waals surface area contributed by atoms with Crippen LogP contribution in [0.25, 0.3) is 11.0 Å². The Kier molecular flexibility index (Phi) is 1.96. The summed E-state index contributed by atoms with van der Waals surface area (Å²) in [6.07, 6.45) is 0. The van der Waals surface area contributed by atoms with Crippen molar-refractivity contribution < 1.29 is 23.1 Å². The molecule has 1 N–H and O–H groups in total. The zero-order valence-corrected chi connectivity index (χ0v) is 7.67. The minimum absolute atomic E-state index is 0.0573. The Balaban J connectivity index is 2.92. The van der Waals surface area contributed by atoms with Gasteiger partial charge >= 0.3 is 5.97 Å². The maximum atomic E-state index is 13.3. The lowest BCUT2D eigenvalue weighted by Gasteiger charge is -1.96. The number of benzene rings is 1. The van der Waals surface area contributed by atoms with Gasteiger partial charge < -0.3 is 9.52 Å². The SMILES string of the molecule is Cc1oc2c(C(=O)O)cc(F)cc2c1F. The first-order valence-corrected chi connectivity index (χ1v) is 4.12. The van der Waals surface area contributed by atoms with E-state index < -0.39 is 17.6 Å². The van der Waals surface area contributed by atoms with E-state index in [1.54, 1.807) is 0 Å². The van der Waals surface area contributed by atoms with Crippen molar-refractivity contribution in [2.24, 2.45) is 0 Å². The first-order valence-electron chi connectivity index (χ1n) is 4.12. The van der Waals surface area contributed by atoms with Crippen LogP contribution in [-0.4, -0.2) is 11.1 Å². The van der Waals surface area contributed by atoms with Gasteiger partial charge in [0.15, 0.2) is 11.4 Å². The zero-order valence-electron chi connectivity index (χ0n) is 7.67. The third-order valence-corrected chi connectivity index (χ3v) is 2.08. The molecule has 1 aromatic heterocycles. The van der Waals surface area contributed by atoms with Crippen LogP contribution in [0.5, 0.6) is 0 Å². The van der Waals surface area contributed by atoms with Crippen molar-refractivity contribution in [3.8, 4) is 0 Å². The van der Waals surface area contributed by atoms with E-state index in [4.69, 9.17) is 9.52 Å². The van der Waals surface area contributed by atoms with Crippen LogP contribution in [0.2, 0.25) is 0 Å². The predicted molar refractivity (Wildman–Crippen MR) is 47.8 cm³/mol. The summed E-state index contributed by atoms with van der Waals surface area (Å²) >= 11 is 0. The van der Waals surface area contributed by atoms with Crippen molar-refractivity contribution in [1.82, 2.24) is 0 Å². The van der Waals surface area contributed by atoms with Crippen LogP contribution in [0, 0.1) is 18.6 Å². The molecule has 0 spiro atoms. The summed E-state index contributed by atoms with van der Waals surface area (Å²) < 4.78 is 31.2. The molecule has 78 valence electrons. The molecule has 1 aromatic carbocycles. The van der Waals surface area contributed by atoms with Crippen molar-refractivity contribution in [2.45, 2.75) is 6.92 Å². The molecule has 0 amide bonds. The zero-order chi connectivity index (χ0) is 11.2. The Hall–Kier alpha value is -1.91. The number of carboxylic acids is 1. The van der Waals surface area contributed by atoms with Crippen molar-refractivity contribution in [1.29, 1.82) is 0 Å². The number of halogens is 2. The lowest BCUT2D eigenvalue weighted by Crippen LogP contribution is -1.97. The van der Waals surface area contributed by atoms with Gasteiger partial charge in [0.05, 0.1) is 5.39 Å². The summed E-state index contributed by atoms with van der Waals surface area (Å²) in [7, 11) is 0. The summed E-state index contributed by atoms with van der Waals surface area (Å²) in [5.74, 6) is -2.95. The predicted octanol–water partition coefficient (Wildman–Crippen LogP) is 2.72. The van der Waals surface area contributed by atoms with Crippen LogP contribution >= 0.6 is 0 Å². The molecule has 5 heteroatoms. The number of hydrogen-bond donors (Lipinski definition) is 1. The van der Waals surface area contributed by atoms with Gasteiger partial charge in [0.2, 0.25) is 0 Å². The molecule has 15 heavy (non-hydrogen) atoms. The molecule has 0 atom stereocenters. The number of carbonyl (C=O) groups is 1. The monoisotopic (exact) mass is 212 g/mol. The Morgan fingerprint density at radius 3 is 2.67 bits per heavy atom. The number of fused-ring (bicyclic) bond motifs is 1. The Labute approximate surface area is 82.9 Å². The fourth-order valence-corrected chi connectivity index (χ4v) is 1.41. The number of rotatable bonds is 1. The van der Waals surface area contributed by atoms with E-state index in [0.717, 1.165) is 12.1 Å². The highest BCUT2D eigenvalue weighted by Crippen LogP contribution is 2.27. The molecule has 0 unspecified atom stereocenters. The van der Waals surface area contributed by atoms with Crippen molar-refractivity contribution in [2.75, 3.05) is 0 Å². The van der Waals surface area contributed by atoms with E-state index in [2.05, 4.69) is 0 Å². The summed E-state index contributed by atoms with van der Waals surface area (Å²) in [6.45, 7) is 1.35. The molecular formula is C10H6F2O3. The second-order valence-corrected chi connectivity index (χ2v) is 3.11. The Bertz CT molecular complexity index is 557. The van der Waals surface area contributed by atoms with Gasteiger partial charge in [-0.2, -0.15) is 0 Å². The van der Waals surface area contributed by atoms with Crippen LogP contribution in [0.4, 0.5) is 8.78 Å². The van der Waals surface area contributed by atoms with E-state index >= 15 is 0 Å². The van der Waals surface area contributed by atoms with Gasteiger partial charge in [-0.05, 0) is 19.1 Å². The standard InChI is InChI=1S/C10H6F2O3/c1-4-8(12)6-2-5(11)3-7(10(13)14)9(6)15-4/h2-3H,1H3,(H,13,14). The highest BCUT2D eigenvalue weighted by Gasteiger charge is 2.19. The molecule has 0 aliphatic rings. The van der Waals surface area contributed by atoms with Crippen LogP contribution in [0.15, 0.2) is 16.5 Å². The normalized spacial score (nSPS) is 10.9. The van der Waals surface area contributed by atoms with E-state index in [-0.39, 0.29) is 22.3 Å². The Morgan fingerprint density at radius 1 is 1.40 bits per heavy atom. The summed E-state index contributed by atoms with van der Waals surface area (Å²) in [4.78, 5) is 10.7. The van der Waals surface area contributed by atoms with Gasteiger partial charge in [-0.3, -0.25) is 0 Å². The van der Waals surface area contributed by atoms with Crippen molar-refractivity contribution in [3.05, 3.63) is 35.1 Å². The third kappa shape index (κ3) is 1.36. The minimum Gasteiger partial charge on any atom is -0.478 e. The quantitative estimate of drug-likeness (QED) is 0.790. The maximum Gasteiger partial charge on any atom is 0.339 e. The van der Waals surface area contributed by atoms with Crippen LogP contribution < -0.4 is 0 Å². The van der Waals surface area contributed by atoms with Crippen LogP contribution in [-0.2, 0) is 0 Å². The Morgan fingerprint density at radius 2 is 2.07 bits per heavy atom. The first kappa shape index (κ1) is 9.64. The van der Waals surface area contributed by atoms with Gasteiger partial charge in [0.1, 0.15) is 17.1 Å². The third-order valence-electron chi connectivity index (χ3n) is 2.08. The molecule has 0 aliphatic carbocycles. The van der Waals surface area contributed by atoms with Crippen molar-refractivity contribution >= 4 is 16.9 Å². The van der Waals surface area contributed by atoms with E-state index in [9.17, 15) is 13.6 Å². The highest BCUT2D eigenvalue weighted by atomic mass is 19.1. The number of hydrogen-bond acceptors (Lipinski definition) is 2. The number of carboxylic acid groups (broad SMARTS) is 1. The molecule has 2 rings (SSSR count). The molecular weight excluding hydrogens is 206 g/mol. The smallest absolute Gasteiger partial charge is 0.339 e. The number of furan rings is 1. The average molecular weight is 212 g/mol. The largest absolute Gasteiger partial charge is 0.478 e. The molecule has 2 aromatic rings. The molecule has 0 aliphatic heterocycles. The van der Waals surface area contributed by atoms with Gasteiger partial charge in [0.25, 0.3) is 0 Å². The van der Waals surface area contributed by atoms with Gasteiger partial charge in [-0.1, -0.05) is 0 Å². The molecule has 0 radical (unpaired) electrons. The van der Waals surface area contributed by atoms with E-state index in [0.29, 0.717) is 0 Å². The van der Waals surface area contributed by atoms with Crippen molar-refractivity contribution in [3.63, 3.8) is 0 Å². The maximum absolute atomic E-state index is 13.3. The number of aryl methyl sites for hydroxylation is 1. The van der Waals surface area contributed by atoms with E-state index in [1.165, 1.54) is 6.92 Å². The van der Waals surface area contributed by atoms with E-state index in [1.807, 2.05) is 0 Å². The summed E-state index contributed by atoms with van der Waals surface area (Å²) in [5, 5.41) is 8.61. The first-order chi connectivity index (χ1) is 7.00. The average Bonchev–Trinajstić information content (AvgIpc) is 2.43. The molecule has 1 heterocycles. The van der Waals surface area contributed by atoms with Gasteiger partial charge in [0, 0.05) is 0 Å². The van der Waals surface area contributed by atoms with Crippen LogP contribution in [0.1, 0.15) is 16.1 Å². The topological polar surface area (TPSA) is 50.4 Å². The van der Waals surface area contributed by atoms with Gasteiger partial charge in [-0.15, -0.1) is 0 Å². The molecule has 0 saturated carbocycles. The second-order valence-electron chi connectivity index (χ2n) is 3.11. The summed E-state index contributed by atoms with van der Waals surface area (Å²) in [6, 6.07) is 1.71. The molecule has 3 nitrogen and oxygen atoms in total. The minimum atomic E-state index is -1.35. The second kappa shape index (κ2) is 3.05. The lowest BCUT2D eigenvalue weighted by atomic mass is 10.1. The molecule has 0 bridgehead atoms. The summed E-state index contributed by atoms with van der Waals surface area (Å²) in [5.41, 5.74) is -0.518. The number of aromatic carboxylic acids is 1. The fourth-order valence-electron chi connectivity index (χ4n) is 1.41. The lowest BCUT2D eigenvalue weighted by molar-refractivity contribution is 0.0697. The fraction of sp³-hybridized carbons (Fsp3) is 0.100. The molecule has 0 fully saturated rings. The van der Waals surface area contributed by atoms with Crippen LogP contribution in [0.3, 0.4) is 0 Å². The highest BCUT2D eigenvalue weighted by molar-refractivity contribution is 6.01. The molecule has 0 saturated heterocycles.